The molecule has 188 valence electrons. The Labute approximate surface area is 202 Å². The van der Waals surface area contributed by atoms with E-state index in [4.69, 9.17) is 9.47 Å². The largest absolute Gasteiger partial charge is 0.454 e. The van der Waals surface area contributed by atoms with E-state index in [9.17, 15) is 9.59 Å². The first-order chi connectivity index (χ1) is 15.4. The van der Waals surface area contributed by atoms with Crippen LogP contribution in [0.4, 0.5) is 0 Å². The number of esters is 2. The molecule has 2 atom stereocenters. The number of rotatable bonds is 17. The maximum absolute atomic E-state index is 12.7. The van der Waals surface area contributed by atoms with E-state index >= 15 is 0 Å². The number of carbonyl (C=O) groups excluding carboxylic acids is 2. The van der Waals surface area contributed by atoms with Crippen molar-refractivity contribution < 1.29 is 19.1 Å². The van der Waals surface area contributed by atoms with Gasteiger partial charge in [-0.05, 0) is 92.3 Å². The van der Waals surface area contributed by atoms with Gasteiger partial charge in [-0.2, -0.15) is 0 Å². The molecule has 0 fully saturated rings. The Morgan fingerprint density at radius 2 is 1.21 bits per heavy atom. The molecule has 0 aliphatic rings. The normalized spacial score (nSPS) is 14.4. The van der Waals surface area contributed by atoms with Crippen LogP contribution in [-0.2, 0) is 19.1 Å². The Balaban J connectivity index is 5.07. The van der Waals surface area contributed by atoms with Gasteiger partial charge in [0.25, 0.3) is 0 Å². The molecule has 0 N–H and O–H groups in total. The number of carbonyl (C=O) groups is 2. The summed E-state index contributed by atoms with van der Waals surface area (Å²) in [5, 5.41) is 0. The molecule has 0 heterocycles. The van der Waals surface area contributed by atoms with Crippen molar-refractivity contribution in [2.45, 2.75) is 98.2 Å². The summed E-state index contributed by atoms with van der Waals surface area (Å²) in [4.78, 5) is 27.2. The van der Waals surface area contributed by atoms with Crippen LogP contribution in [0.5, 0.6) is 0 Å². The summed E-state index contributed by atoms with van der Waals surface area (Å²) in [6, 6.07) is 0. The highest BCUT2D eigenvalue weighted by Gasteiger charge is 2.28. The third-order valence-corrected chi connectivity index (χ3v) is 5.48. The highest BCUT2D eigenvalue weighted by Crippen LogP contribution is 2.22. The predicted molar refractivity (Wildman–Crippen MR) is 138 cm³/mol. The number of unbranched alkanes of at least 4 members (excludes halogenated alkanes) is 1. The van der Waals surface area contributed by atoms with Crippen LogP contribution in [0.25, 0.3) is 0 Å². The van der Waals surface area contributed by atoms with Gasteiger partial charge >= 0.3 is 11.9 Å². The van der Waals surface area contributed by atoms with Crippen molar-refractivity contribution in [3.8, 4) is 0 Å². The summed E-state index contributed by atoms with van der Waals surface area (Å²) in [7, 11) is 0. The molecule has 0 radical (unpaired) electrons. The molecule has 0 saturated heterocycles. The van der Waals surface area contributed by atoms with Crippen LogP contribution < -0.4 is 0 Å². The molecule has 0 rings (SSSR count). The third-order valence-electron chi connectivity index (χ3n) is 5.48. The van der Waals surface area contributed by atoms with Crippen LogP contribution in [0.3, 0.4) is 0 Å². The zero-order valence-corrected chi connectivity index (χ0v) is 22.2. The van der Waals surface area contributed by atoms with Gasteiger partial charge in [0, 0.05) is 0 Å². The number of hydrogen-bond acceptors (Lipinski definition) is 5. The van der Waals surface area contributed by atoms with Crippen LogP contribution in [0, 0.1) is 0 Å². The van der Waals surface area contributed by atoms with Crippen molar-refractivity contribution in [1.82, 2.24) is 4.90 Å². The SMILES string of the molecule is C=CC(C)(CCC=C(C)C)OC(=O)CN(CCCC)CC(=O)OC(C)(C=C)CCC=C(C)C. The third kappa shape index (κ3) is 14.6. The zero-order valence-electron chi connectivity index (χ0n) is 22.2. The smallest absolute Gasteiger partial charge is 0.321 e. The van der Waals surface area contributed by atoms with E-state index in [1.807, 2.05) is 41.5 Å². The van der Waals surface area contributed by atoms with Gasteiger partial charge in [-0.25, -0.2) is 0 Å². The quantitative estimate of drug-likeness (QED) is 0.181. The lowest BCUT2D eigenvalue weighted by molar-refractivity contribution is -0.159. The first kappa shape index (κ1) is 30.9. The minimum absolute atomic E-state index is 0.0315. The van der Waals surface area contributed by atoms with Crippen molar-refractivity contribution in [1.29, 1.82) is 0 Å². The van der Waals surface area contributed by atoms with Gasteiger partial charge < -0.3 is 9.47 Å². The van der Waals surface area contributed by atoms with E-state index < -0.39 is 11.2 Å². The molecular weight excluding hydrogens is 414 g/mol. The summed E-state index contributed by atoms with van der Waals surface area (Å²) >= 11 is 0. The first-order valence-electron chi connectivity index (χ1n) is 12.1. The molecule has 0 amide bonds. The molecule has 0 bridgehead atoms. The van der Waals surface area contributed by atoms with Crippen molar-refractivity contribution in [3.05, 3.63) is 48.6 Å². The number of hydrogen-bond donors (Lipinski definition) is 0. The highest BCUT2D eigenvalue weighted by atomic mass is 16.6. The molecule has 0 aromatic heterocycles. The Kier molecular flexibility index (Phi) is 14.6. The average Bonchev–Trinajstić information content (AvgIpc) is 2.71. The highest BCUT2D eigenvalue weighted by molar-refractivity contribution is 5.75. The fourth-order valence-electron chi connectivity index (χ4n) is 3.23. The zero-order chi connectivity index (χ0) is 25.5. The van der Waals surface area contributed by atoms with E-state index in [-0.39, 0.29) is 25.0 Å². The van der Waals surface area contributed by atoms with Crippen molar-refractivity contribution in [2.24, 2.45) is 0 Å². The fourth-order valence-corrected chi connectivity index (χ4v) is 3.23. The van der Waals surface area contributed by atoms with Crippen LogP contribution in [0.1, 0.15) is 87.0 Å². The molecule has 33 heavy (non-hydrogen) atoms. The number of nitrogens with zero attached hydrogens (tertiary/aromatic N) is 1. The molecule has 0 aromatic carbocycles. The summed E-state index contributed by atoms with van der Waals surface area (Å²) in [6.45, 7) is 22.3. The van der Waals surface area contributed by atoms with Gasteiger partial charge in [0.1, 0.15) is 11.2 Å². The molecule has 0 aliphatic heterocycles. The second-order valence-corrected chi connectivity index (χ2v) is 9.69. The minimum Gasteiger partial charge on any atom is -0.454 e. The van der Waals surface area contributed by atoms with E-state index in [1.165, 1.54) is 11.1 Å². The van der Waals surface area contributed by atoms with Gasteiger partial charge in [-0.1, -0.05) is 49.8 Å². The van der Waals surface area contributed by atoms with E-state index in [2.05, 4.69) is 32.2 Å². The first-order valence-corrected chi connectivity index (χ1v) is 12.1. The Bertz CT molecular complexity index is 645. The Hall–Kier alpha value is -2.14. The van der Waals surface area contributed by atoms with Crippen LogP contribution in [-0.4, -0.2) is 47.7 Å². The van der Waals surface area contributed by atoms with Gasteiger partial charge in [0.2, 0.25) is 0 Å². The lowest BCUT2D eigenvalue weighted by atomic mass is 9.99. The van der Waals surface area contributed by atoms with Gasteiger partial charge in [0.15, 0.2) is 0 Å². The topological polar surface area (TPSA) is 55.8 Å². The van der Waals surface area contributed by atoms with Crippen molar-refractivity contribution in [2.75, 3.05) is 19.6 Å². The summed E-state index contributed by atoms with van der Waals surface area (Å²) in [5.74, 6) is -0.734. The molecule has 0 spiro atoms. The second-order valence-electron chi connectivity index (χ2n) is 9.69. The van der Waals surface area contributed by atoms with Crippen LogP contribution in [0.15, 0.2) is 48.6 Å². The maximum Gasteiger partial charge on any atom is 0.321 e. The molecule has 5 heteroatoms. The molecule has 0 saturated carbocycles. The molecule has 5 nitrogen and oxygen atoms in total. The molecule has 0 aliphatic carbocycles. The van der Waals surface area contributed by atoms with Crippen molar-refractivity contribution >= 4 is 11.9 Å². The van der Waals surface area contributed by atoms with E-state index in [0.29, 0.717) is 19.4 Å². The molecular formula is C28H47NO4. The fraction of sp³-hybridized carbons (Fsp3) is 0.643. The van der Waals surface area contributed by atoms with Gasteiger partial charge in [-0.15, -0.1) is 0 Å². The Morgan fingerprint density at radius 3 is 1.52 bits per heavy atom. The lowest BCUT2D eigenvalue weighted by Gasteiger charge is -2.29. The molecule has 2 unspecified atom stereocenters. The van der Waals surface area contributed by atoms with Gasteiger partial charge in [-0.3, -0.25) is 14.5 Å². The minimum atomic E-state index is -0.744. The maximum atomic E-state index is 12.7. The van der Waals surface area contributed by atoms with Gasteiger partial charge in [0.05, 0.1) is 13.1 Å². The van der Waals surface area contributed by atoms with Crippen LogP contribution in [0.2, 0.25) is 0 Å². The molecule has 0 aromatic rings. The summed E-state index contributed by atoms with van der Waals surface area (Å²) in [5.41, 5.74) is 0.965. The number of ether oxygens (including phenoxy) is 2. The van der Waals surface area contributed by atoms with Crippen LogP contribution >= 0.6 is 0 Å². The van der Waals surface area contributed by atoms with E-state index in [1.54, 1.807) is 17.1 Å². The second kappa shape index (κ2) is 15.7. The lowest BCUT2D eigenvalue weighted by Crippen LogP contribution is -2.41. The standard InChI is InChI=1S/C28H47NO4/c1-10-13-20-29(21-25(30)32-27(8,11-2)18-14-16-23(4)5)22-26(31)33-28(9,12-3)19-15-17-24(6)7/h11-12,16-17H,2-3,10,13-15,18-22H2,1,4-9H3. The number of allylic oxidation sites excluding steroid dienone is 4. The monoisotopic (exact) mass is 461 g/mol. The van der Waals surface area contributed by atoms with E-state index in [0.717, 1.165) is 25.7 Å². The average molecular weight is 462 g/mol. The summed E-state index contributed by atoms with van der Waals surface area (Å²) in [6.07, 6.45) is 12.3. The van der Waals surface area contributed by atoms with Crippen molar-refractivity contribution in [3.63, 3.8) is 0 Å². The summed E-state index contributed by atoms with van der Waals surface area (Å²) < 4.78 is 11.5. The Morgan fingerprint density at radius 1 is 0.818 bits per heavy atom. The predicted octanol–water partition coefficient (Wildman–Crippen LogP) is 6.56.